The summed E-state index contributed by atoms with van der Waals surface area (Å²) in [5, 5.41) is 3.34. The molecule has 0 radical (unpaired) electrons. The highest BCUT2D eigenvalue weighted by molar-refractivity contribution is 7.93. The second-order valence-corrected chi connectivity index (χ2v) is 9.73. The monoisotopic (exact) mass is 401 g/mol. The predicted octanol–water partition coefficient (Wildman–Crippen LogP) is 2.86. The fourth-order valence-corrected chi connectivity index (χ4v) is 5.51. The first-order valence-electron chi connectivity index (χ1n) is 9.91. The van der Waals surface area contributed by atoms with Crippen molar-refractivity contribution in [1.29, 1.82) is 0 Å². The average Bonchev–Trinajstić information content (AvgIpc) is 3.06. The van der Waals surface area contributed by atoms with Crippen LogP contribution in [0.3, 0.4) is 0 Å². The van der Waals surface area contributed by atoms with Crippen LogP contribution in [0.2, 0.25) is 0 Å². The van der Waals surface area contributed by atoms with E-state index in [-0.39, 0.29) is 5.75 Å². The Bertz CT molecular complexity index is 934. The molecular formula is C20H27N5O2S. The molecule has 1 aromatic carbocycles. The molecule has 1 unspecified atom stereocenters. The lowest BCUT2D eigenvalue weighted by Crippen LogP contribution is -2.34. The van der Waals surface area contributed by atoms with E-state index < -0.39 is 10.0 Å². The predicted molar refractivity (Wildman–Crippen MR) is 112 cm³/mol. The Morgan fingerprint density at radius 1 is 1.18 bits per heavy atom. The molecule has 150 valence electrons. The minimum Gasteiger partial charge on any atom is -0.366 e. The van der Waals surface area contributed by atoms with Gasteiger partial charge < -0.3 is 10.2 Å². The highest BCUT2D eigenvalue weighted by Crippen LogP contribution is 2.26. The summed E-state index contributed by atoms with van der Waals surface area (Å²) in [6, 6.07) is 9.68. The van der Waals surface area contributed by atoms with Crippen molar-refractivity contribution >= 4 is 27.3 Å². The Balaban J connectivity index is 1.44. The van der Waals surface area contributed by atoms with E-state index in [2.05, 4.69) is 27.1 Å². The molecule has 2 saturated heterocycles. The van der Waals surface area contributed by atoms with Crippen molar-refractivity contribution in [2.45, 2.75) is 32.7 Å². The number of rotatable bonds is 5. The van der Waals surface area contributed by atoms with Gasteiger partial charge >= 0.3 is 0 Å². The maximum absolute atomic E-state index is 12.2. The van der Waals surface area contributed by atoms with Crippen molar-refractivity contribution in [2.24, 2.45) is 5.92 Å². The van der Waals surface area contributed by atoms with Crippen molar-refractivity contribution < 1.29 is 8.42 Å². The van der Waals surface area contributed by atoms with Crippen LogP contribution < -0.4 is 14.5 Å². The zero-order valence-electron chi connectivity index (χ0n) is 16.2. The van der Waals surface area contributed by atoms with Crippen LogP contribution in [0.25, 0.3) is 0 Å². The van der Waals surface area contributed by atoms with Gasteiger partial charge in [-0.3, -0.25) is 4.31 Å². The van der Waals surface area contributed by atoms with E-state index in [9.17, 15) is 8.42 Å². The summed E-state index contributed by atoms with van der Waals surface area (Å²) in [6.07, 6.45) is 4.75. The van der Waals surface area contributed by atoms with Crippen LogP contribution >= 0.6 is 0 Å². The van der Waals surface area contributed by atoms with Gasteiger partial charge in [0, 0.05) is 32.2 Å². The first-order chi connectivity index (χ1) is 13.5. The van der Waals surface area contributed by atoms with Crippen LogP contribution in [0.1, 0.15) is 31.7 Å². The third-order valence-corrected chi connectivity index (χ3v) is 7.27. The summed E-state index contributed by atoms with van der Waals surface area (Å²) in [5.74, 6) is 2.65. The highest BCUT2D eigenvalue weighted by Gasteiger charge is 2.28. The summed E-state index contributed by atoms with van der Waals surface area (Å²) >= 11 is 0. The topological polar surface area (TPSA) is 78.4 Å². The molecule has 0 bridgehead atoms. The van der Waals surface area contributed by atoms with Gasteiger partial charge in [0.15, 0.2) is 0 Å². The molecule has 8 heteroatoms. The minimum atomic E-state index is -3.16. The quantitative estimate of drug-likeness (QED) is 0.830. The van der Waals surface area contributed by atoms with Gasteiger partial charge in [-0.2, -0.15) is 0 Å². The van der Waals surface area contributed by atoms with Crippen LogP contribution in [0, 0.1) is 5.92 Å². The number of hydrogen-bond donors (Lipinski definition) is 1. The molecule has 0 spiro atoms. The zero-order valence-corrected chi connectivity index (χ0v) is 17.0. The zero-order chi connectivity index (χ0) is 19.6. The normalized spacial score (nSPS) is 21.7. The number of piperidine rings is 1. The number of sulfonamides is 1. The Morgan fingerprint density at radius 2 is 2.07 bits per heavy atom. The van der Waals surface area contributed by atoms with Crippen LogP contribution in [0.15, 0.2) is 36.7 Å². The molecule has 7 nitrogen and oxygen atoms in total. The van der Waals surface area contributed by atoms with Gasteiger partial charge in [0.1, 0.15) is 18.0 Å². The van der Waals surface area contributed by atoms with Crippen molar-refractivity contribution in [1.82, 2.24) is 9.97 Å². The molecule has 1 atom stereocenters. The van der Waals surface area contributed by atoms with Crippen LogP contribution in [0.5, 0.6) is 0 Å². The van der Waals surface area contributed by atoms with Gasteiger partial charge in [-0.15, -0.1) is 0 Å². The minimum absolute atomic E-state index is 0.230. The number of benzene rings is 1. The van der Waals surface area contributed by atoms with E-state index in [0.717, 1.165) is 36.0 Å². The van der Waals surface area contributed by atoms with Gasteiger partial charge in [0.25, 0.3) is 0 Å². The molecule has 2 aliphatic rings. The van der Waals surface area contributed by atoms with E-state index in [1.807, 2.05) is 30.3 Å². The first kappa shape index (κ1) is 19.0. The Hall–Kier alpha value is -2.35. The van der Waals surface area contributed by atoms with E-state index >= 15 is 0 Å². The molecule has 4 rings (SSSR count). The van der Waals surface area contributed by atoms with Gasteiger partial charge in [-0.25, -0.2) is 18.4 Å². The molecular weight excluding hydrogens is 374 g/mol. The van der Waals surface area contributed by atoms with Crippen LogP contribution in [-0.2, 0) is 16.6 Å². The Kier molecular flexibility index (Phi) is 5.39. The maximum atomic E-state index is 12.2. The summed E-state index contributed by atoms with van der Waals surface area (Å²) in [6.45, 7) is 5.48. The van der Waals surface area contributed by atoms with Crippen molar-refractivity contribution in [3.05, 3.63) is 42.2 Å². The van der Waals surface area contributed by atoms with Gasteiger partial charge in [0.2, 0.25) is 10.0 Å². The second kappa shape index (κ2) is 7.95. The molecule has 1 N–H and O–H groups in total. The van der Waals surface area contributed by atoms with Gasteiger partial charge in [0.05, 0.1) is 11.4 Å². The van der Waals surface area contributed by atoms with Crippen LogP contribution in [-0.4, -0.2) is 43.8 Å². The molecule has 3 heterocycles. The second-order valence-electron chi connectivity index (χ2n) is 7.72. The average molecular weight is 402 g/mol. The van der Waals surface area contributed by atoms with Crippen molar-refractivity contribution in [3.8, 4) is 0 Å². The molecule has 2 fully saturated rings. The molecule has 1 aromatic heterocycles. The molecule has 28 heavy (non-hydrogen) atoms. The summed E-state index contributed by atoms with van der Waals surface area (Å²) < 4.78 is 25.8. The van der Waals surface area contributed by atoms with Gasteiger partial charge in [-0.05, 0) is 42.9 Å². The summed E-state index contributed by atoms with van der Waals surface area (Å²) in [7, 11) is -3.16. The van der Waals surface area contributed by atoms with E-state index in [4.69, 9.17) is 0 Å². The largest absolute Gasteiger partial charge is 0.366 e. The maximum Gasteiger partial charge on any atom is 0.235 e. The number of nitrogens with one attached hydrogen (secondary N) is 1. The standard InChI is InChI=1S/C20H27N5O2S/c1-16-5-3-8-24(14-16)20-12-19(22-15-23-20)21-13-17-6-2-7-18(11-17)25-9-4-10-28(25,26)27/h2,6-7,11-12,15-16H,3-5,8-10,13-14H2,1H3,(H,21,22,23). The fourth-order valence-electron chi connectivity index (χ4n) is 3.96. The number of aromatic nitrogens is 2. The lowest BCUT2D eigenvalue weighted by atomic mass is 10.0. The SMILES string of the molecule is CC1CCCN(c2cc(NCc3cccc(N4CCCS4(=O)=O)c3)ncn2)C1. The molecule has 0 amide bonds. The van der Waals surface area contributed by atoms with Crippen molar-refractivity contribution in [2.75, 3.05) is 39.9 Å². The van der Waals surface area contributed by atoms with E-state index in [1.54, 1.807) is 6.33 Å². The Labute approximate surface area is 166 Å². The van der Waals surface area contributed by atoms with E-state index in [0.29, 0.717) is 25.4 Å². The van der Waals surface area contributed by atoms with Gasteiger partial charge in [-0.1, -0.05) is 19.1 Å². The number of nitrogens with zero attached hydrogens (tertiary/aromatic N) is 4. The van der Waals surface area contributed by atoms with E-state index in [1.165, 1.54) is 17.1 Å². The fraction of sp³-hybridized carbons (Fsp3) is 0.500. The first-order valence-corrected chi connectivity index (χ1v) is 11.5. The molecule has 0 saturated carbocycles. The smallest absolute Gasteiger partial charge is 0.235 e. The Morgan fingerprint density at radius 3 is 2.86 bits per heavy atom. The third kappa shape index (κ3) is 4.22. The lowest BCUT2D eigenvalue weighted by molar-refractivity contribution is 0.444. The van der Waals surface area contributed by atoms with Crippen molar-refractivity contribution in [3.63, 3.8) is 0 Å². The summed E-state index contributed by atoms with van der Waals surface area (Å²) in [4.78, 5) is 11.1. The summed E-state index contributed by atoms with van der Waals surface area (Å²) in [5.41, 5.74) is 1.76. The number of hydrogen-bond acceptors (Lipinski definition) is 6. The molecule has 2 aliphatic heterocycles. The number of anilines is 3. The van der Waals surface area contributed by atoms with Crippen LogP contribution in [0.4, 0.5) is 17.3 Å². The highest BCUT2D eigenvalue weighted by atomic mass is 32.2. The molecule has 0 aliphatic carbocycles. The lowest BCUT2D eigenvalue weighted by Gasteiger charge is -2.31. The molecule has 2 aromatic rings. The third-order valence-electron chi connectivity index (χ3n) is 5.41.